The van der Waals surface area contributed by atoms with E-state index in [1.54, 1.807) is 23.2 Å². The van der Waals surface area contributed by atoms with Crippen LogP contribution < -0.4 is 0 Å². The van der Waals surface area contributed by atoms with Gasteiger partial charge in [-0.3, -0.25) is 19.4 Å². The predicted octanol–water partition coefficient (Wildman–Crippen LogP) is 8.11. The van der Waals surface area contributed by atoms with Crippen LogP contribution in [0.15, 0.2) is 122 Å². The van der Waals surface area contributed by atoms with E-state index in [9.17, 15) is 19.5 Å². The molecule has 0 saturated carbocycles. The highest BCUT2D eigenvalue weighted by Crippen LogP contribution is 2.37. The molecule has 58 heavy (non-hydrogen) atoms. The number of hydrogen-bond acceptors (Lipinski definition) is 6. The summed E-state index contributed by atoms with van der Waals surface area (Å²) in [6.07, 6.45) is 5.81. The van der Waals surface area contributed by atoms with E-state index in [4.69, 9.17) is 9.97 Å². The molecular weight excluding hydrogens is 729 g/mol. The second-order valence-electron chi connectivity index (χ2n) is 15.4. The van der Waals surface area contributed by atoms with Gasteiger partial charge in [-0.05, 0) is 73.2 Å². The largest absolute Gasteiger partial charge is 0.465 e. The van der Waals surface area contributed by atoms with E-state index in [0.29, 0.717) is 24.5 Å². The molecule has 4 heterocycles. The van der Waals surface area contributed by atoms with Crippen molar-refractivity contribution in [2.45, 2.75) is 49.9 Å². The van der Waals surface area contributed by atoms with Crippen molar-refractivity contribution in [3.05, 3.63) is 144 Å². The van der Waals surface area contributed by atoms with Crippen molar-refractivity contribution in [2.75, 3.05) is 34.2 Å². The average molecular weight is 777 g/mol. The van der Waals surface area contributed by atoms with Gasteiger partial charge in [-0.1, -0.05) is 109 Å². The summed E-state index contributed by atoms with van der Waals surface area (Å²) in [6.45, 7) is 1.23. The Hall–Kier alpha value is -6.53. The fraction of sp³-hybridized carbons (Fsp3) is 0.283. The standard InChI is InChI=1S/C46H48N8O4/c1-51(2)40(34-12-6-4-7-13-34)44(55)53-26-10-16-38(53)42-47-28-36(49-42)32-22-18-30(19-23-32)31-20-24-33(25-21-31)37-29-48-43(50-37)39-17-11-27-54(39)45(56)41(52(3)46(57)58)35-14-8-5-9-15-35/h4-9,12-15,18-25,28-29,38-41H,10-11,16-17,26-27H2,1-3H3,(H,47,49)(H,48,50)(H,57,58)/t38-,39-,40+,41+/m0/s1. The van der Waals surface area contributed by atoms with E-state index >= 15 is 0 Å². The highest BCUT2D eigenvalue weighted by molar-refractivity contribution is 5.87. The number of aromatic amines is 2. The average Bonchev–Trinajstić information content (AvgIpc) is 4.09. The molecule has 0 radical (unpaired) electrons. The number of rotatable bonds is 11. The van der Waals surface area contributed by atoms with Crippen molar-refractivity contribution in [2.24, 2.45) is 0 Å². The van der Waals surface area contributed by atoms with Crippen molar-refractivity contribution in [1.29, 1.82) is 0 Å². The minimum absolute atomic E-state index is 0.0901. The Kier molecular flexibility index (Phi) is 10.9. The first-order valence-electron chi connectivity index (χ1n) is 19.8. The number of amides is 3. The van der Waals surface area contributed by atoms with Gasteiger partial charge in [0.15, 0.2) is 0 Å². The van der Waals surface area contributed by atoms with Crippen LogP contribution in [0.1, 0.15) is 72.6 Å². The number of carbonyl (C=O) groups is 3. The van der Waals surface area contributed by atoms with Gasteiger partial charge < -0.3 is 24.9 Å². The number of likely N-dealkylation sites (tertiary alicyclic amines) is 2. The van der Waals surface area contributed by atoms with Gasteiger partial charge >= 0.3 is 6.09 Å². The number of aromatic nitrogens is 4. The first-order valence-corrected chi connectivity index (χ1v) is 19.8. The Morgan fingerprint density at radius 3 is 1.41 bits per heavy atom. The SMILES string of the molecule is CN(C)[C@@H](C(=O)N1CCC[C@H]1c1ncc(-c2ccc(-c3ccc(-c4cnc([C@@H]5CCCN5C(=O)[C@@H](c5ccccc5)N(C)C(=O)O)[nH]4)cc3)cc2)[nH]1)c1ccccc1. The summed E-state index contributed by atoms with van der Waals surface area (Å²) in [6, 6.07) is 33.9. The highest BCUT2D eigenvalue weighted by atomic mass is 16.4. The summed E-state index contributed by atoms with van der Waals surface area (Å²) in [5, 5.41) is 9.80. The second kappa shape index (κ2) is 16.5. The lowest BCUT2D eigenvalue weighted by molar-refractivity contribution is -0.138. The molecule has 2 aliphatic heterocycles. The molecule has 4 atom stereocenters. The van der Waals surface area contributed by atoms with Gasteiger partial charge in [0.2, 0.25) is 5.91 Å². The zero-order valence-electron chi connectivity index (χ0n) is 33.0. The molecule has 12 nitrogen and oxygen atoms in total. The maximum atomic E-state index is 14.0. The third-order valence-corrected chi connectivity index (χ3v) is 11.5. The Bertz CT molecular complexity index is 2360. The Morgan fingerprint density at radius 1 is 0.603 bits per heavy atom. The normalized spacial score (nSPS) is 17.7. The van der Waals surface area contributed by atoms with Crippen LogP contribution in [0.3, 0.4) is 0 Å². The number of imidazole rings is 2. The van der Waals surface area contributed by atoms with Crippen LogP contribution in [0, 0.1) is 0 Å². The molecule has 2 aliphatic rings. The number of H-pyrrole nitrogens is 2. The lowest BCUT2D eigenvalue weighted by Crippen LogP contribution is -2.43. The molecule has 0 bridgehead atoms. The lowest BCUT2D eigenvalue weighted by Gasteiger charge is -2.32. The van der Waals surface area contributed by atoms with Crippen LogP contribution >= 0.6 is 0 Å². The molecular formula is C46H48N8O4. The second-order valence-corrected chi connectivity index (χ2v) is 15.4. The molecule has 0 spiro atoms. The summed E-state index contributed by atoms with van der Waals surface area (Å²) >= 11 is 0. The first kappa shape index (κ1) is 38.3. The van der Waals surface area contributed by atoms with Crippen molar-refractivity contribution >= 4 is 17.9 Å². The van der Waals surface area contributed by atoms with Gasteiger partial charge in [0.1, 0.15) is 23.7 Å². The topological polar surface area (TPSA) is 142 Å². The van der Waals surface area contributed by atoms with Crippen LogP contribution in [0.4, 0.5) is 4.79 Å². The molecule has 12 heteroatoms. The van der Waals surface area contributed by atoms with E-state index < -0.39 is 12.1 Å². The van der Waals surface area contributed by atoms with Crippen molar-refractivity contribution in [1.82, 2.24) is 39.5 Å². The summed E-state index contributed by atoms with van der Waals surface area (Å²) in [5.74, 6) is 1.32. The van der Waals surface area contributed by atoms with E-state index in [-0.39, 0.29) is 29.9 Å². The maximum Gasteiger partial charge on any atom is 0.407 e. The van der Waals surface area contributed by atoms with E-state index in [1.165, 1.54) is 7.05 Å². The molecule has 296 valence electrons. The first-order chi connectivity index (χ1) is 28.2. The summed E-state index contributed by atoms with van der Waals surface area (Å²) in [7, 11) is 5.33. The number of likely N-dealkylation sites (N-methyl/N-ethyl adjacent to an activating group) is 2. The smallest absolute Gasteiger partial charge is 0.407 e. The van der Waals surface area contributed by atoms with Crippen LogP contribution in [0.25, 0.3) is 33.6 Å². The Morgan fingerprint density at radius 2 is 1.00 bits per heavy atom. The third-order valence-electron chi connectivity index (χ3n) is 11.5. The molecule has 8 rings (SSSR count). The lowest BCUT2D eigenvalue weighted by atomic mass is 10.0. The van der Waals surface area contributed by atoms with Crippen molar-refractivity contribution in [3.63, 3.8) is 0 Å². The number of carboxylic acid groups (broad SMARTS) is 1. The number of hydrogen-bond donors (Lipinski definition) is 3. The van der Waals surface area contributed by atoms with E-state index in [0.717, 1.165) is 75.6 Å². The number of benzene rings is 4. The van der Waals surface area contributed by atoms with Gasteiger partial charge in [-0.25, -0.2) is 14.8 Å². The molecule has 2 aromatic heterocycles. The zero-order chi connectivity index (χ0) is 40.3. The van der Waals surface area contributed by atoms with Gasteiger partial charge in [-0.15, -0.1) is 0 Å². The molecule has 0 unspecified atom stereocenters. The fourth-order valence-electron chi connectivity index (χ4n) is 8.51. The van der Waals surface area contributed by atoms with Crippen LogP contribution in [-0.2, 0) is 9.59 Å². The Balaban J connectivity index is 0.934. The van der Waals surface area contributed by atoms with Crippen LogP contribution in [-0.4, -0.2) is 96.8 Å². The third kappa shape index (κ3) is 7.62. The quantitative estimate of drug-likeness (QED) is 0.121. The highest BCUT2D eigenvalue weighted by Gasteiger charge is 2.40. The number of nitrogens with one attached hydrogen (secondary N) is 2. The molecule has 3 amide bonds. The van der Waals surface area contributed by atoms with Gasteiger partial charge in [-0.2, -0.15) is 0 Å². The van der Waals surface area contributed by atoms with Gasteiger partial charge in [0, 0.05) is 20.1 Å². The predicted molar refractivity (Wildman–Crippen MR) is 222 cm³/mol. The van der Waals surface area contributed by atoms with Gasteiger partial charge in [0.25, 0.3) is 5.91 Å². The minimum atomic E-state index is -1.16. The maximum absolute atomic E-state index is 14.0. The van der Waals surface area contributed by atoms with Gasteiger partial charge in [0.05, 0.1) is 35.9 Å². The summed E-state index contributed by atoms with van der Waals surface area (Å²) in [4.78, 5) is 63.1. The van der Waals surface area contributed by atoms with Crippen molar-refractivity contribution in [3.8, 4) is 33.6 Å². The minimum Gasteiger partial charge on any atom is -0.465 e. The van der Waals surface area contributed by atoms with E-state index in [2.05, 4.69) is 58.5 Å². The van der Waals surface area contributed by atoms with E-state index in [1.807, 2.05) is 78.6 Å². The molecule has 2 fully saturated rings. The number of nitrogens with zero attached hydrogens (tertiary/aromatic N) is 6. The zero-order valence-corrected chi connectivity index (χ0v) is 33.0. The summed E-state index contributed by atoms with van der Waals surface area (Å²) < 4.78 is 0. The molecule has 4 aromatic carbocycles. The molecule has 6 aromatic rings. The Labute approximate surface area is 338 Å². The van der Waals surface area contributed by atoms with Crippen LogP contribution in [0.2, 0.25) is 0 Å². The van der Waals surface area contributed by atoms with Crippen molar-refractivity contribution < 1.29 is 19.5 Å². The van der Waals surface area contributed by atoms with Crippen LogP contribution in [0.5, 0.6) is 0 Å². The monoisotopic (exact) mass is 776 g/mol. The summed E-state index contributed by atoms with van der Waals surface area (Å²) in [5.41, 5.74) is 7.48. The molecule has 2 saturated heterocycles. The number of carbonyl (C=O) groups excluding carboxylic acids is 2. The molecule has 0 aliphatic carbocycles. The fourth-order valence-corrected chi connectivity index (χ4v) is 8.51. The molecule has 3 N–H and O–H groups in total.